The third-order valence-electron chi connectivity index (χ3n) is 4.28. The molecule has 144 valence electrons. The number of thiophene rings is 1. The van der Waals surface area contributed by atoms with E-state index in [-0.39, 0.29) is 29.0 Å². The zero-order chi connectivity index (χ0) is 19.4. The minimum absolute atomic E-state index is 0.206. The van der Waals surface area contributed by atoms with Gasteiger partial charge in [-0.2, -0.15) is 0 Å². The van der Waals surface area contributed by atoms with Crippen molar-refractivity contribution in [2.75, 3.05) is 25.0 Å². The Morgan fingerprint density at radius 3 is 2.65 bits per heavy atom. The van der Waals surface area contributed by atoms with Gasteiger partial charge in [-0.3, -0.25) is 14.5 Å². The number of ether oxygens (including phenoxy) is 1. The summed E-state index contributed by atoms with van der Waals surface area (Å²) in [5.41, 5.74) is 6.04. The lowest BCUT2D eigenvalue weighted by Crippen LogP contribution is -2.39. The summed E-state index contributed by atoms with van der Waals surface area (Å²) < 4.78 is 5.25. The van der Waals surface area contributed by atoms with Crippen LogP contribution in [0.3, 0.4) is 0 Å². The lowest BCUT2D eigenvalue weighted by Gasteiger charge is -2.30. The average Bonchev–Trinajstić information content (AvgIpc) is 2.83. The number of primary amides is 1. The lowest BCUT2D eigenvalue weighted by atomic mass is 10.0. The number of hydrogen-bond acceptors (Lipinski definition) is 6. The molecular formula is C18H27N3O4S. The molecule has 8 heteroatoms. The van der Waals surface area contributed by atoms with Gasteiger partial charge in [0, 0.05) is 6.54 Å². The van der Waals surface area contributed by atoms with E-state index < -0.39 is 11.9 Å². The quantitative estimate of drug-likeness (QED) is 0.737. The number of hydrogen-bond donors (Lipinski definition) is 2. The lowest BCUT2D eigenvalue weighted by molar-refractivity contribution is -0.117. The fourth-order valence-electron chi connectivity index (χ4n) is 3.15. The molecule has 2 heterocycles. The maximum atomic E-state index is 12.5. The van der Waals surface area contributed by atoms with E-state index >= 15 is 0 Å². The summed E-state index contributed by atoms with van der Waals surface area (Å²) in [6.45, 7) is 9.31. The Balaban J connectivity index is 2.18. The van der Waals surface area contributed by atoms with Gasteiger partial charge < -0.3 is 15.8 Å². The van der Waals surface area contributed by atoms with Crippen LogP contribution in [-0.4, -0.2) is 48.4 Å². The predicted octanol–water partition coefficient (Wildman–Crippen LogP) is 2.39. The molecule has 1 aromatic heterocycles. The maximum absolute atomic E-state index is 12.5. The van der Waals surface area contributed by atoms with E-state index in [4.69, 9.17) is 10.5 Å². The highest BCUT2D eigenvalue weighted by atomic mass is 32.1. The van der Waals surface area contributed by atoms with Crippen LogP contribution in [-0.2, 0) is 9.53 Å². The van der Waals surface area contributed by atoms with Crippen LogP contribution in [0, 0.1) is 12.8 Å². The average molecular weight is 381 g/mol. The topological polar surface area (TPSA) is 102 Å². The summed E-state index contributed by atoms with van der Waals surface area (Å²) in [6, 6.07) is 0. The minimum Gasteiger partial charge on any atom is -0.459 e. The Hall–Kier alpha value is -1.93. The van der Waals surface area contributed by atoms with Crippen LogP contribution in [0.25, 0.3) is 0 Å². The molecule has 0 aromatic carbocycles. The Bertz CT molecular complexity index is 699. The Morgan fingerprint density at radius 2 is 2.08 bits per heavy atom. The molecule has 2 rings (SSSR count). The summed E-state index contributed by atoms with van der Waals surface area (Å²) >= 11 is 1.01. The second-order valence-electron chi connectivity index (χ2n) is 7.11. The second-order valence-corrected chi connectivity index (χ2v) is 8.13. The molecule has 0 radical (unpaired) electrons. The van der Waals surface area contributed by atoms with Crippen LogP contribution in [0.1, 0.15) is 59.2 Å². The highest BCUT2D eigenvalue weighted by Gasteiger charge is 2.27. The van der Waals surface area contributed by atoms with E-state index in [9.17, 15) is 14.4 Å². The van der Waals surface area contributed by atoms with E-state index in [2.05, 4.69) is 17.1 Å². The van der Waals surface area contributed by atoms with Gasteiger partial charge in [-0.15, -0.1) is 11.3 Å². The smallest absolute Gasteiger partial charge is 0.341 e. The molecule has 2 amide bonds. The first-order chi connectivity index (χ1) is 12.2. The molecule has 7 nitrogen and oxygen atoms in total. The third kappa shape index (κ3) is 5.04. The van der Waals surface area contributed by atoms with Crippen molar-refractivity contribution >= 4 is 34.1 Å². The zero-order valence-electron chi connectivity index (χ0n) is 15.8. The summed E-state index contributed by atoms with van der Waals surface area (Å²) in [7, 11) is 0. The monoisotopic (exact) mass is 381 g/mol. The highest BCUT2D eigenvalue weighted by Crippen LogP contribution is 2.33. The van der Waals surface area contributed by atoms with E-state index in [0.717, 1.165) is 30.8 Å². The van der Waals surface area contributed by atoms with Gasteiger partial charge in [0.15, 0.2) is 0 Å². The molecule has 0 bridgehead atoms. The fourth-order valence-corrected chi connectivity index (χ4v) is 4.22. The van der Waals surface area contributed by atoms with Crippen LogP contribution < -0.4 is 11.1 Å². The molecular weight excluding hydrogens is 354 g/mol. The number of nitrogens with two attached hydrogens (primary N) is 1. The van der Waals surface area contributed by atoms with Crippen LogP contribution in [0.5, 0.6) is 0 Å². The van der Waals surface area contributed by atoms with Crippen LogP contribution in [0.4, 0.5) is 5.00 Å². The van der Waals surface area contributed by atoms with Crippen LogP contribution >= 0.6 is 11.3 Å². The summed E-state index contributed by atoms with van der Waals surface area (Å²) in [4.78, 5) is 38.9. The first-order valence-electron chi connectivity index (χ1n) is 8.85. The molecule has 0 spiro atoms. The molecule has 3 N–H and O–H groups in total. The zero-order valence-corrected chi connectivity index (χ0v) is 16.6. The van der Waals surface area contributed by atoms with Gasteiger partial charge in [0.1, 0.15) is 5.00 Å². The van der Waals surface area contributed by atoms with E-state index in [1.807, 2.05) is 0 Å². The Morgan fingerprint density at radius 1 is 1.38 bits per heavy atom. The molecule has 0 saturated carbocycles. The molecule has 1 aliphatic heterocycles. The van der Waals surface area contributed by atoms with Crippen molar-refractivity contribution in [1.82, 2.24) is 4.90 Å². The highest BCUT2D eigenvalue weighted by molar-refractivity contribution is 7.18. The number of likely N-dealkylation sites (tertiary alicyclic amines) is 1. The number of esters is 1. The molecule has 1 aromatic rings. The maximum Gasteiger partial charge on any atom is 0.341 e. The number of nitrogens with zero attached hydrogens (tertiary/aromatic N) is 1. The van der Waals surface area contributed by atoms with Crippen molar-refractivity contribution in [3.8, 4) is 0 Å². The summed E-state index contributed by atoms with van der Waals surface area (Å²) in [5.74, 6) is -0.840. The van der Waals surface area contributed by atoms with Gasteiger partial charge in [-0.1, -0.05) is 6.92 Å². The number of carbonyl (C=O) groups excluding carboxylic acids is 3. The third-order valence-corrected chi connectivity index (χ3v) is 5.50. The van der Waals surface area contributed by atoms with Gasteiger partial charge in [-0.25, -0.2) is 4.79 Å². The number of piperidine rings is 1. The van der Waals surface area contributed by atoms with Crippen molar-refractivity contribution in [2.45, 2.75) is 46.6 Å². The van der Waals surface area contributed by atoms with Gasteiger partial charge in [0.2, 0.25) is 5.91 Å². The molecule has 1 atom stereocenters. The van der Waals surface area contributed by atoms with Crippen molar-refractivity contribution in [3.05, 3.63) is 16.0 Å². The number of anilines is 1. The summed E-state index contributed by atoms with van der Waals surface area (Å²) in [5, 5.41) is 3.09. The van der Waals surface area contributed by atoms with Crippen LogP contribution in [0.15, 0.2) is 0 Å². The Labute approximate surface area is 157 Å². The van der Waals surface area contributed by atoms with E-state index in [1.165, 1.54) is 6.42 Å². The van der Waals surface area contributed by atoms with Gasteiger partial charge in [-0.05, 0) is 51.6 Å². The first-order valence-corrected chi connectivity index (χ1v) is 9.67. The van der Waals surface area contributed by atoms with Gasteiger partial charge in [0.25, 0.3) is 5.91 Å². The Kier molecular flexibility index (Phi) is 6.77. The van der Waals surface area contributed by atoms with Gasteiger partial charge >= 0.3 is 5.97 Å². The number of carbonyl (C=O) groups is 3. The number of amides is 2. The normalized spacial score (nSPS) is 18.0. The van der Waals surface area contributed by atoms with Crippen molar-refractivity contribution in [1.29, 1.82) is 0 Å². The first kappa shape index (κ1) is 20.4. The standard InChI is InChI=1S/C18H27N3O4S/c1-10(2)25-18(24)14-12(4)15(16(19)23)26-17(14)20-13(22)9-21-7-5-6-11(3)8-21/h10-11H,5-9H2,1-4H3,(H2,19,23)(H,20,22). The predicted molar refractivity (Wildman–Crippen MR) is 102 cm³/mol. The van der Waals surface area contributed by atoms with Crippen molar-refractivity contribution in [2.24, 2.45) is 11.7 Å². The SMILES string of the molecule is Cc1c(C(N)=O)sc(NC(=O)CN2CCCC(C)C2)c1C(=O)OC(C)C. The van der Waals surface area contributed by atoms with Crippen molar-refractivity contribution < 1.29 is 19.1 Å². The molecule has 0 aliphatic carbocycles. The molecule has 1 saturated heterocycles. The molecule has 1 unspecified atom stereocenters. The minimum atomic E-state index is -0.628. The van der Waals surface area contributed by atoms with Gasteiger partial charge in [0.05, 0.1) is 23.1 Å². The van der Waals surface area contributed by atoms with Crippen LogP contribution in [0.2, 0.25) is 0 Å². The van der Waals surface area contributed by atoms with E-state index in [1.54, 1.807) is 20.8 Å². The molecule has 1 aliphatic rings. The van der Waals surface area contributed by atoms with E-state index in [0.29, 0.717) is 16.5 Å². The largest absolute Gasteiger partial charge is 0.459 e. The number of nitrogens with one attached hydrogen (secondary N) is 1. The molecule has 1 fully saturated rings. The summed E-state index contributed by atoms with van der Waals surface area (Å²) in [6.07, 6.45) is 1.94. The molecule has 26 heavy (non-hydrogen) atoms. The second kappa shape index (κ2) is 8.64. The van der Waals surface area contributed by atoms with Crippen molar-refractivity contribution in [3.63, 3.8) is 0 Å². The fraction of sp³-hybridized carbons (Fsp3) is 0.611. The number of rotatable bonds is 6.